The third-order valence-corrected chi connectivity index (χ3v) is 13.5. The standard InChI is InChI=1S/C10H11O5.2C4H9.Sn/c1-2-14-9(11)7-3-5-8(6-4-7)10(12)15-13;2*1-3-4-2;/h3-6,10,13H,2H2,1H3;2*1,3-4H2,2H3;/q-1;;;+2/p-1. The first-order valence-corrected chi connectivity index (χ1v) is 15.3. The van der Waals surface area contributed by atoms with Gasteiger partial charge in [-0.25, -0.2) is 0 Å². The van der Waals surface area contributed by atoms with Crippen molar-refractivity contribution in [2.24, 2.45) is 0 Å². The molecule has 1 aliphatic rings. The predicted octanol–water partition coefficient (Wildman–Crippen LogP) is 4.88. The molecule has 1 atom stereocenters. The average Bonchev–Trinajstić information content (AvgIpc) is 3.03. The number of benzene rings is 1. The summed E-state index contributed by atoms with van der Waals surface area (Å²) in [7, 11) is 0. The first kappa shape index (κ1) is 19.7. The molecule has 0 radical (unpaired) electrons. The summed E-state index contributed by atoms with van der Waals surface area (Å²) in [6.07, 6.45) is 4.05. The molecule has 1 aliphatic heterocycles. The van der Waals surface area contributed by atoms with E-state index >= 15 is 0 Å². The normalized spacial score (nSPS) is 19.4. The molecule has 1 fully saturated rings. The monoisotopic (exact) mass is 444 g/mol. The van der Waals surface area contributed by atoms with Gasteiger partial charge in [-0.1, -0.05) is 0 Å². The molecule has 2 rings (SSSR count). The van der Waals surface area contributed by atoms with Crippen LogP contribution in [0.5, 0.6) is 0 Å². The van der Waals surface area contributed by atoms with E-state index in [0.29, 0.717) is 12.2 Å². The zero-order valence-corrected chi connectivity index (χ0v) is 17.7. The van der Waals surface area contributed by atoms with Crippen LogP contribution >= 0.6 is 0 Å². The molecule has 1 unspecified atom stereocenters. The van der Waals surface area contributed by atoms with Gasteiger partial charge in [0.25, 0.3) is 0 Å². The maximum absolute atomic E-state index is 11.7. The van der Waals surface area contributed by atoms with E-state index in [1.54, 1.807) is 19.1 Å². The molecular formula is C18H28O5Sn. The summed E-state index contributed by atoms with van der Waals surface area (Å²) in [4.78, 5) is 17.3. The quantitative estimate of drug-likeness (QED) is 0.310. The number of carbonyl (C=O) groups excluding carboxylic acids is 1. The van der Waals surface area contributed by atoms with E-state index in [1.165, 1.54) is 0 Å². The number of hydrogen-bond acceptors (Lipinski definition) is 5. The van der Waals surface area contributed by atoms with Gasteiger partial charge in [0.05, 0.1) is 0 Å². The van der Waals surface area contributed by atoms with E-state index in [0.717, 1.165) is 40.1 Å². The van der Waals surface area contributed by atoms with Gasteiger partial charge in [-0.2, -0.15) is 0 Å². The fourth-order valence-electron chi connectivity index (χ4n) is 2.70. The summed E-state index contributed by atoms with van der Waals surface area (Å²) in [5.74, 6) is -0.312. The minimum absolute atomic E-state index is 0.312. The molecule has 1 aromatic carbocycles. The van der Waals surface area contributed by atoms with Gasteiger partial charge in [-0.15, -0.1) is 0 Å². The van der Waals surface area contributed by atoms with Crippen LogP contribution in [-0.2, 0) is 15.9 Å². The van der Waals surface area contributed by atoms with Crippen molar-refractivity contribution in [1.29, 1.82) is 0 Å². The van der Waals surface area contributed by atoms with E-state index in [9.17, 15) is 4.79 Å². The summed E-state index contributed by atoms with van der Waals surface area (Å²) in [6.45, 7) is 6.53. The van der Waals surface area contributed by atoms with Crippen molar-refractivity contribution in [3.8, 4) is 0 Å². The molecular weight excluding hydrogens is 415 g/mol. The van der Waals surface area contributed by atoms with Crippen molar-refractivity contribution in [3.63, 3.8) is 0 Å². The Hall–Kier alpha value is -0.631. The summed E-state index contributed by atoms with van der Waals surface area (Å²) in [5.41, 5.74) is 1.42. The topological polar surface area (TPSA) is 54.0 Å². The molecule has 6 heteroatoms. The van der Waals surface area contributed by atoms with Crippen LogP contribution in [0.3, 0.4) is 0 Å². The molecule has 134 valence electrons. The van der Waals surface area contributed by atoms with E-state index in [2.05, 4.69) is 13.8 Å². The van der Waals surface area contributed by atoms with Gasteiger partial charge in [-0.05, 0) is 0 Å². The molecule has 0 amide bonds. The van der Waals surface area contributed by atoms with Gasteiger partial charge in [0, 0.05) is 0 Å². The van der Waals surface area contributed by atoms with Gasteiger partial charge >= 0.3 is 150 Å². The number of carbonyl (C=O) groups is 1. The fraction of sp³-hybridized carbons (Fsp3) is 0.611. The number of hydrogen-bond donors (Lipinski definition) is 0. The van der Waals surface area contributed by atoms with Crippen molar-refractivity contribution in [2.45, 2.75) is 61.6 Å². The summed E-state index contributed by atoms with van der Waals surface area (Å²) in [6, 6.07) is 7.19. The Balaban J connectivity index is 2.03. The van der Waals surface area contributed by atoms with E-state index < -0.39 is 25.5 Å². The van der Waals surface area contributed by atoms with Gasteiger partial charge in [-0.3, -0.25) is 0 Å². The number of ether oxygens (including phenoxy) is 1. The SMILES string of the molecule is CCC[CH2][Sn]1([CH2]CCC)[O]OC(c2ccc(C(=O)OCC)cc2)[O]1. The van der Waals surface area contributed by atoms with Crippen LogP contribution in [0.4, 0.5) is 0 Å². The molecule has 0 aromatic heterocycles. The van der Waals surface area contributed by atoms with Crippen molar-refractivity contribution < 1.29 is 20.7 Å². The second kappa shape index (κ2) is 9.75. The molecule has 1 heterocycles. The minimum atomic E-state index is -3.11. The van der Waals surface area contributed by atoms with Crippen LogP contribution in [0.25, 0.3) is 0 Å². The molecule has 0 N–H and O–H groups in total. The zero-order valence-electron chi connectivity index (χ0n) is 14.9. The molecule has 0 saturated carbocycles. The first-order valence-electron chi connectivity index (χ1n) is 8.93. The van der Waals surface area contributed by atoms with Gasteiger partial charge in [0.15, 0.2) is 0 Å². The van der Waals surface area contributed by atoms with Crippen LogP contribution in [0.1, 0.15) is 68.7 Å². The van der Waals surface area contributed by atoms with Crippen molar-refractivity contribution in [1.82, 2.24) is 0 Å². The first-order chi connectivity index (χ1) is 11.6. The maximum atomic E-state index is 11.7. The Bertz CT molecular complexity index is 509. The molecule has 0 spiro atoms. The Morgan fingerprint density at radius 1 is 1.08 bits per heavy atom. The Kier molecular flexibility index (Phi) is 8.00. The van der Waals surface area contributed by atoms with E-state index in [-0.39, 0.29) is 5.97 Å². The molecule has 0 aliphatic carbocycles. The summed E-state index contributed by atoms with van der Waals surface area (Å²) in [5, 5.41) is 0. The average molecular weight is 443 g/mol. The van der Waals surface area contributed by atoms with Crippen molar-refractivity contribution in [3.05, 3.63) is 35.4 Å². The Morgan fingerprint density at radius 3 is 2.25 bits per heavy atom. The van der Waals surface area contributed by atoms with Crippen LogP contribution in [0.15, 0.2) is 24.3 Å². The van der Waals surface area contributed by atoms with Crippen molar-refractivity contribution in [2.75, 3.05) is 6.61 Å². The van der Waals surface area contributed by atoms with Crippen molar-refractivity contribution >= 4 is 25.2 Å². The molecule has 1 saturated heterocycles. The third-order valence-electron chi connectivity index (χ3n) is 4.13. The van der Waals surface area contributed by atoms with E-state index in [1.807, 2.05) is 12.1 Å². The van der Waals surface area contributed by atoms with E-state index in [4.69, 9.17) is 15.9 Å². The molecule has 1 aromatic rings. The van der Waals surface area contributed by atoms with Crippen LogP contribution in [-0.4, -0.2) is 31.8 Å². The van der Waals surface area contributed by atoms with Crippen LogP contribution < -0.4 is 0 Å². The molecule has 5 nitrogen and oxygen atoms in total. The van der Waals surface area contributed by atoms with Crippen LogP contribution in [0, 0.1) is 0 Å². The van der Waals surface area contributed by atoms with Crippen LogP contribution in [0.2, 0.25) is 8.87 Å². The Morgan fingerprint density at radius 2 is 1.71 bits per heavy atom. The predicted molar refractivity (Wildman–Crippen MR) is 93.6 cm³/mol. The number of esters is 1. The zero-order chi connectivity index (χ0) is 17.4. The van der Waals surface area contributed by atoms with Gasteiger partial charge < -0.3 is 0 Å². The second-order valence-electron chi connectivity index (χ2n) is 6.09. The fourth-order valence-corrected chi connectivity index (χ4v) is 12.1. The summed E-state index contributed by atoms with van der Waals surface area (Å²) >= 11 is -3.11. The molecule has 0 bridgehead atoms. The second-order valence-corrected chi connectivity index (χ2v) is 15.3. The van der Waals surface area contributed by atoms with Gasteiger partial charge in [0.1, 0.15) is 0 Å². The number of unbranched alkanes of at least 4 members (excludes halogenated alkanes) is 2. The third kappa shape index (κ3) is 5.18. The summed E-state index contributed by atoms with van der Waals surface area (Å²) < 4.78 is 19.2. The Labute approximate surface area is 149 Å². The molecule has 24 heavy (non-hydrogen) atoms. The number of rotatable bonds is 9. The van der Waals surface area contributed by atoms with Gasteiger partial charge in [0.2, 0.25) is 0 Å².